The number of alkyl halides is 8. The van der Waals surface area contributed by atoms with Gasteiger partial charge in [-0.1, -0.05) is 23.7 Å². The minimum absolute atomic E-state index is 0.0761. The number of carbonyl (C=O) groups is 4. The first kappa shape index (κ1) is 36.2. The van der Waals surface area contributed by atoms with Gasteiger partial charge in [0.05, 0.1) is 22.9 Å². The van der Waals surface area contributed by atoms with Gasteiger partial charge in [-0.15, -0.1) is 23.2 Å². The Morgan fingerprint density at radius 3 is 2.09 bits per heavy atom. The van der Waals surface area contributed by atoms with Crippen LogP contribution in [-0.2, 0) is 33.4 Å². The van der Waals surface area contributed by atoms with E-state index in [-0.39, 0.29) is 21.8 Å². The molecular formula is C30H17Cl3F9NO4. The number of amides is 1. The number of nitrogens with one attached hydrogen (secondary N) is 1. The molecule has 17 heteroatoms. The number of Topliss-reactive ketones (excluding diaryl/α,β-unsaturated/α-hetero) is 3. The zero-order valence-electron chi connectivity index (χ0n) is 23.1. The van der Waals surface area contributed by atoms with Gasteiger partial charge in [-0.3, -0.25) is 19.2 Å². The monoisotopic (exact) mass is 731 g/mol. The topological polar surface area (TPSA) is 80.3 Å². The highest BCUT2D eigenvalue weighted by Crippen LogP contribution is 2.65. The molecule has 250 valence electrons. The highest BCUT2D eigenvalue weighted by atomic mass is 35.5. The van der Waals surface area contributed by atoms with Crippen molar-refractivity contribution in [2.24, 2.45) is 5.92 Å². The molecule has 1 amide bonds. The Morgan fingerprint density at radius 2 is 1.47 bits per heavy atom. The summed E-state index contributed by atoms with van der Waals surface area (Å²) in [5.41, 5.74) is -3.54. The van der Waals surface area contributed by atoms with Crippen molar-refractivity contribution in [3.05, 3.63) is 98.8 Å². The van der Waals surface area contributed by atoms with Gasteiger partial charge in [0, 0.05) is 35.6 Å². The highest BCUT2D eigenvalue weighted by Gasteiger charge is 2.67. The van der Waals surface area contributed by atoms with E-state index < -0.39 is 105 Å². The summed E-state index contributed by atoms with van der Waals surface area (Å²) in [4.78, 5) is 49.1. The molecule has 4 rings (SSSR count). The molecule has 1 saturated carbocycles. The van der Waals surface area contributed by atoms with Gasteiger partial charge in [-0.05, 0) is 47.5 Å². The van der Waals surface area contributed by atoms with Crippen molar-refractivity contribution in [3.8, 4) is 0 Å². The van der Waals surface area contributed by atoms with Crippen LogP contribution in [0.2, 0.25) is 5.02 Å². The molecule has 0 heterocycles. The van der Waals surface area contributed by atoms with Crippen molar-refractivity contribution in [1.82, 2.24) is 0 Å². The summed E-state index contributed by atoms with van der Waals surface area (Å²) in [7, 11) is 0. The fraction of sp³-hybridized carbons (Fsp3) is 0.267. The molecule has 0 aromatic heterocycles. The van der Waals surface area contributed by atoms with Crippen molar-refractivity contribution in [1.29, 1.82) is 0 Å². The number of carbonyl (C=O) groups excluding carboxylic acids is 4. The van der Waals surface area contributed by atoms with Gasteiger partial charge in [-0.25, -0.2) is 13.2 Å². The molecule has 2 atom stereocenters. The second-order valence-electron chi connectivity index (χ2n) is 10.5. The smallest absolute Gasteiger partial charge is 0.326 e. The fourth-order valence-corrected chi connectivity index (χ4v) is 5.86. The minimum Gasteiger partial charge on any atom is -0.326 e. The van der Waals surface area contributed by atoms with Gasteiger partial charge in [0.25, 0.3) is 0 Å². The molecule has 0 unspecified atom stereocenters. The van der Waals surface area contributed by atoms with Crippen molar-refractivity contribution < 1.29 is 58.7 Å². The number of ketones is 3. The summed E-state index contributed by atoms with van der Waals surface area (Å²) >= 11 is 18.5. The van der Waals surface area contributed by atoms with E-state index in [2.05, 4.69) is 5.32 Å². The first-order valence-corrected chi connectivity index (χ1v) is 14.2. The maximum atomic E-state index is 15.1. The van der Waals surface area contributed by atoms with Crippen LogP contribution in [0, 0.1) is 23.4 Å². The van der Waals surface area contributed by atoms with E-state index in [1.54, 1.807) is 0 Å². The highest BCUT2D eigenvalue weighted by molar-refractivity contribution is 6.53. The average Bonchev–Trinajstić information content (AvgIpc) is 3.54. The largest absolute Gasteiger partial charge is 0.450 e. The molecule has 5 nitrogen and oxygen atoms in total. The Hall–Kier alpha value is -3.62. The van der Waals surface area contributed by atoms with Crippen LogP contribution in [-0.4, -0.2) is 33.8 Å². The number of halogens is 12. The lowest BCUT2D eigenvalue weighted by Gasteiger charge is -2.12. The second kappa shape index (κ2) is 13.1. The van der Waals surface area contributed by atoms with E-state index in [0.29, 0.717) is 18.2 Å². The zero-order valence-corrected chi connectivity index (χ0v) is 25.3. The normalized spacial score (nSPS) is 17.3. The number of anilines is 1. The molecule has 0 radical (unpaired) electrons. The van der Waals surface area contributed by atoms with Crippen molar-refractivity contribution in [3.63, 3.8) is 0 Å². The van der Waals surface area contributed by atoms with Gasteiger partial charge in [-0.2, -0.15) is 26.3 Å². The van der Waals surface area contributed by atoms with E-state index in [1.165, 1.54) is 12.1 Å². The fourth-order valence-electron chi connectivity index (χ4n) is 4.81. The molecule has 0 bridgehead atoms. The van der Waals surface area contributed by atoms with Crippen molar-refractivity contribution >= 4 is 63.7 Å². The molecule has 1 N–H and O–H groups in total. The summed E-state index contributed by atoms with van der Waals surface area (Å²) in [5, 5.41) is 2.21. The Morgan fingerprint density at radius 1 is 0.830 bits per heavy atom. The zero-order chi connectivity index (χ0) is 35.2. The van der Waals surface area contributed by atoms with Gasteiger partial charge in [0.2, 0.25) is 11.7 Å². The molecule has 0 spiro atoms. The first-order chi connectivity index (χ1) is 21.6. The SMILES string of the molecule is O=C(CC(=O)C(F)(F)F)Cc1c(F)ccc(CC(=O)c2cc(NC(=O)[C@H]3[C@H](c4ccc(F)c(C(F)(F)F)c4)C3(Cl)Cl)ccc2Cl)c1F. The molecular weight excluding hydrogens is 716 g/mol. The second-order valence-corrected chi connectivity index (χ2v) is 12.3. The molecule has 1 fully saturated rings. The lowest BCUT2D eigenvalue weighted by Crippen LogP contribution is -2.26. The van der Waals surface area contributed by atoms with E-state index in [4.69, 9.17) is 34.8 Å². The first-order valence-electron chi connectivity index (χ1n) is 13.1. The standard InChI is InChI=1S/C30H17Cl3F9NO4/c31-19-4-3-14(43-27(47)25-24(28(25,32)33)12-1-6-21(35)18(7-12)29(37,38)39)9-16(19)22(45)8-13-2-5-20(34)17(26(13)36)10-15(44)11-23(46)30(40,41)42/h1-7,9,24-25H,8,10-11H2,(H,43,47)/t24-,25+/m0/s1. The van der Waals surface area contributed by atoms with Crippen LogP contribution in [0.5, 0.6) is 0 Å². The van der Waals surface area contributed by atoms with Crippen LogP contribution in [0.3, 0.4) is 0 Å². The van der Waals surface area contributed by atoms with Crippen molar-refractivity contribution in [2.45, 2.75) is 41.9 Å². The lowest BCUT2D eigenvalue weighted by molar-refractivity contribution is -0.171. The van der Waals surface area contributed by atoms with Crippen LogP contribution >= 0.6 is 34.8 Å². The van der Waals surface area contributed by atoms with Gasteiger partial charge in [0.1, 0.15) is 27.6 Å². The third-order valence-corrected chi connectivity index (χ3v) is 8.46. The Labute approximate surface area is 274 Å². The summed E-state index contributed by atoms with van der Waals surface area (Å²) in [6, 6.07) is 7.05. The molecule has 47 heavy (non-hydrogen) atoms. The summed E-state index contributed by atoms with van der Waals surface area (Å²) in [6.07, 6.45) is -14.0. The van der Waals surface area contributed by atoms with E-state index in [1.807, 2.05) is 0 Å². The van der Waals surface area contributed by atoms with Gasteiger partial charge >= 0.3 is 12.4 Å². The summed E-state index contributed by atoms with van der Waals surface area (Å²) in [6.45, 7) is 0. The summed E-state index contributed by atoms with van der Waals surface area (Å²) in [5.74, 6) is -12.3. The Bertz CT molecular complexity index is 1790. The third-order valence-electron chi connectivity index (χ3n) is 7.19. The molecule has 0 saturated heterocycles. The van der Waals surface area contributed by atoms with Gasteiger partial charge in [0.15, 0.2) is 5.78 Å². The number of hydrogen-bond donors (Lipinski definition) is 1. The Balaban J connectivity index is 1.50. The number of benzene rings is 3. The maximum Gasteiger partial charge on any atom is 0.450 e. The van der Waals surface area contributed by atoms with Gasteiger partial charge < -0.3 is 5.32 Å². The average molecular weight is 733 g/mol. The molecule has 1 aliphatic carbocycles. The van der Waals surface area contributed by atoms with E-state index >= 15 is 4.39 Å². The van der Waals surface area contributed by atoms with Crippen LogP contribution in [0.1, 0.15) is 45.0 Å². The maximum absolute atomic E-state index is 15.1. The van der Waals surface area contributed by atoms with Crippen molar-refractivity contribution in [2.75, 3.05) is 5.32 Å². The van der Waals surface area contributed by atoms with Crippen LogP contribution in [0.15, 0.2) is 48.5 Å². The quantitative estimate of drug-likeness (QED) is 0.0984. The minimum atomic E-state index is -5.32. The molecule has 3 aromatic carbocycles. The third kappa shape index (κ3) is 7.92. The molecule has 3 aromatic rings. The van der Waals surface area contributed by atoms with Crippen LogP contribution in [0.25, 0.3) is 0 Å². The number of hydrogen-bond acceptors (Lipinski definition) is 4. The predicted octanol–water partition coefficient (Wildman–Crippen LogP) is 8.36. The lowest BCUT2D eigenvalue weighted by atomic mass is 9.97. The predicted molar refractivity (Wildman–Crippen MR) is 151 cm³/mol. The Kier molecular flexibility index (Phi) is 10.1. The molecule has 1 aliphatic rings. The molecule has 0 aliphatic heterocycles. The van der Waals surface area contributed by atoms with E-state index in [9.17, 15) is 54.3 Å². The summed E-state index contributed by atoms with van der Waals surface area (Å²) < 4.78 is 118. The van der Waals surface area contributed by atoms with E-state index in [0.717, 1.165) is 18.2 Å². The number of rotatable bonds is 10. The van der Waals surface area contributed by atoms with Crippen LogP contribution < -0.4 is 5.32 Å². The van der Waals surface area contributed by atoms with Crippen LogP contribution in [0.4, 0.5) is 45.2 Å².